The summed E-state index contributed by atoms with van der Waals surface area (Å²) in [6, 6.07) is 17.7. The van der Waals surface area contributed by atoms with Gasteiger partial charge in [-0.2, -0.15) is 5.10 Å². The molecule has 1 aromatic heterocycles. The second-order valence-corrected chi connectivity index (χ2v) is 5.09. The fourth-order valence-corrected chi connectivity index (χ4v) is 2.46. The van der Waals surface area contributed by atoms with Gasteiger partial charge >= 0.3 is 0 Å². The molecule has 0 fully saturated rings. The molecule has 22 heavy (non-hydrogen) atoms. The molecule has 0 atom stereocenters. The molecule has 2 N–H and O–H groups in total. The number of anilines is 1. The van der Waals surface area contributed by atoms with Crippen molar-refractivity contribution in [1.29, 1.82) is 0 Å². The zero-order valence-electron chi connectivity index (χ0n) is 12.1. The Morgan fingerprint density at radius 2 is 2.00 bits per heavy atom. The molecule has 0 saturated heterocycles. The van der Waals surface area contributed by atoms with Crippen LogP contribution in [0, 0.1) is 4.77 Å². The third kappa shape index (κ3) is 3.01. The molecule has 3 aromatic rings. The van der Waals surface area contributed by atoms with E-state index in [0.717, 1.165) is 22.9 Å². The molecule has 0 spiro atoms. The Balaban J connectivity index is 1.89. The smallest absolute Gasteiger partial charge is 0.199 e. The van der Waals surface area contributed by atoms with Crippen LogP contribution in [-0.4, -0.2) is 21.9 Å². The zero-order chi connectivity index (χ0) is 15.4. The molecule has 0 saturated carbocycles. The van der Waals surface area contributed by atoms with Crippen LogP contribution in [0.3, 0.4) is 0 Å². The number of methoxy groups -OCH3 is 1. The first-order valence-electron chi connectivity index (χ1n) is 6.87. The first-order valence-corrected chi connectivity index (χ1v) is 7.28. The highest BCUT2D eigenvalue weighted by Gasteiger charge is 2.09. The third-order valence-electron chi connectivity index (χ3n) is 3.28. The van der Waals surface area contributed by atoms with Crippen LogP contribution in [0.2, 0.25) is 0 Å². The van der Waals surface area contributed by atoms with Crippen LogP contribution in [-0.2, 0) is 6.54 Å². The largest absolute Gasteiger partial charge is 0.497 e. The van der Waals surface area contributed by atoms with Crippen LogP contribution in [0.15, 0.2) is 54.6 Å². The average molecular weight is 312 g/mol. The van der Waals surface area contributed by atoms with E-state index in [1.54, 1.807) is 7.11 Å². The first-order chi connectivity index (χ1) is 10.8. The van der Waals surface area contributed by atoms with Crippen molar-refractivity contribution in [3.63, 3.8) is 0 Å². The van der Waals surface area contributed by atoms with Crippen molar-refractivity contribution in [2.45, 2.75) is 6.54 Å². The highest BCUT2D eigenvalue weighted by Crippen LogP contribution is 2.18. The van der Waals surface area contributed by atoms with Crippen LogP contribution in [0.1, 0.15) is 5.82 Å². The topological polar surface area (TPSA) is 54.9 Å². The number of nitrogens with zero attached hydrogens (tertiary/aromatic N) is 2. The van der Waals surface area contributed by atoms with Gasteiger partial charge in [0, 0.05) is 11.8 Å². The van der Waals surface area contributed by atoms with Crippen molar-refractivity contribution >= 4 is 17.9 Å². The summed E-state index contributed by atoms with van der Waals surface area (Å²) in [4.78, 5) is 0. The Hall–Kier alpha value is -2.60. The minimum atomic E-state index is 0.554. The van der Waals surface area contributed by atoms with Gasteiger partial charge in [-0.1, -0.05) is 24.3 Å². The van der Waals surface area contributed by atoms with E-state index in [1.807, 2.05) is 59.2 Å². The normalized spacial score (nSPS) is 10.4. The summed E-state index contributed by atoms with van der Waals surface area (Å²) in [6.07, 6.45) is 0. The number of nitrogens with one attached hydrogen (secondary N) is 2. The summed E-state index contributed by atoms with van der Waals surface area (Å²) >= 11 is 5.34. The van der Waals surface area contributed by atoms with E-state index in [1.165, 1.54) is 0 Å². The lowest BCUT2D eigenvalue weighted by Crippen LogP contribution is -2.07. The zero-order valence-corrected chi connectivity index (χ0v) is 12.9. The first kappa shape index (κ1) is 14.3. The molecule has 0 amide bonds. The molecular weight excluding hydrogens is 296 g/mol. The summed E-state index contributed by atoms with van der Waals surface area (Å²) in [7, 11) is 1.64. The van der Waals surface area contributed by atoms with Crippen LogP contribution in [0.5, 0.6) is 5.75 Å². The number of rotatable bonds is 5. The fraction of sp³-hybridized carbons (Fsp3) is 0.125. The minimum absolute atomic E-state index is 0.554. The number of hydrogen-bond donors (Lipinski definition) is 2. The summed E-state index contributed by atoms with van der Waals surface area (Å²) in [5.41, 5.74) is 1.96. The molecule has 3 rings (SSSR count). The van der Waals surface area contributed by atoms with Gasteiger partial charge in [-0.25, -0.2) is 0 Å². The Labute approximate surface area is 133 Å². The average Bonchev–Trinajstić information content (AvgIpc) is 2.94. The maximum absolute atomic E-state index is 5.34. The van der Waals surface area contributed by atoms with E-state index in [4.69, 9.17) is 17.0 Å². The number of H-pyrrole nitrogens is 1. The van der Waals surface area contributed by atoms with Gasteiger partial charge < -0.3 is 10.1 Å². The van der Waals surface area contributed by atoms with Crippen LogP contribution in [0.25, 0.3) is 5.69 Å². The Bertz CT molecular complexity index is 810. The number of aromatic amines is 1. The minimum Gasteiger partial charge on any atom is -0.497 e. The molecule has 0 aliphatic carbocycles. The molecule has 1 heterocycles. The van der Waals surface area contributed by atoms with E-state index in [9.17, 15) is 0 Å². The molecule has 0 aliphatic heterocycles. The predicted molar refractivity (Wildman–Crippen MR) is 89.1 cm³/mol. The lowest BCUT2D eigenvalue weighted by atomic mass is 10.3. The number of para-hydroxylation sites is 1. The summed E-state index contributed by atoms with van der Waals surface area (Å²) in [6.45, 7) is 0.564. The monoisotopic (exact) mass is 312 g/mol. The second-order valence-electron chi connectivity index (χ2n) is 4.70. The van der Waals surface area contributed by atoms with Crippen LogP contribution in [0.4, 0.5) is 5.69 Å². The highest BCUT2D eigenvalue weighted by atomic mass is 32.1. The number of benzene rings is 2. The van der Waals surface area contributed by atoms with Gasteiger partial charge in [0.15, 0.2) is 10.6 Å². The van der Waals surface area contributed by atoms with Gasteiger partial charge in [-0.15, -0.1) is 0 Å². The van der Waals surface area contributed by atoms with Crippen molar-refractivity contribution in [3.05, 3.63) is 65.2 Å². The molecule has 0 unspecified atom stereocenters. The SMILES string of the molecule is COc1cccc(-n2c(CNc3ccccc3)n[nH]c2=S)c1. The van der Waals surface area contributed by atoms with Gasteiger partial charge in [0.05, 0.1) is 19.3 Å². The molecule has 0 radical (unpaired) electrons. The van der Waals surface area contributed by atoms with Crippen LogP contribution < -0.4 is 10.1 Å². The van der Waals surface area contributed by atoms with Crippen molar-refractivity contribution in [2.24, 2.45) is 0 Å². The van der Waals surface area contributed by atoms with Crippen molar-refractivity contribution in [3.8, 4) is 11.4 Å². The lowest BCUT2D eigenvalue weighted by Gasteiger charge is -2.10. The molecule has 2 aromatic carbocycles. The number of ether oxygens (including phenoxy) is 1. The molecule has 0 aliphatic rings. The Morgan fingerprint density at radius 3 is 2.77 bits per heavy atom. The fourth-order valence-electron chi connectivity index (χ4n) is 2.20. The Kier molecular flexibility index (Phi) is 4.20. The van der Waals surface area contributed by atoms with Gasteiger partial charge in [0.25, 0.3) is 0 Å². The molecule has 6 heteroatoms. The second kappa shape index (κ2) is 6.44. The van der Waals surface area contributed by atoms with Crippen molar-refractivity contribution < 1.29 is 4.74 Å². The maximum Gasteiger partial charge on any atom is 0.199 e. The van der Waals surface area contributed by atoms with E-state index in [-0.39, 0.29) is 0 Å². The van der Waals surface area contributed by atoms with Gasteiger partial charge in [-0.3, -0.25) is 9.67 Å². The number of hydrogen-bond acceptors (Lipinski definition) is 4. The predicted octanol–water partition coefficient (Wildman–Crippen LogP) is 3.55. The van der Waals surface area contributed by atoms with Crippen molar-refractivity contribution in [2.75, 3.05) is 12.4 Å². The Morgan fingerprint density at radius 1 is 1.18 bits per heavy atom. The highest BCUT2D eigenvalue weighted by molar-refractivity contribution is 7.71. The summed E-state index contributed by atoms with van der Waals surface area (Å²) in [5, 5.41) is 10.5. The van der Waals surface area contributed by atoms with Crippen LogP contribution >= 0.6 is 12.2 Å². The van der Waals surface area contributed by atoms with Gasteiger partial charge in [0.1, 0.15) is 5.75 Å². The quantitative estimate of drug-likeness (QED) is 0.707. The lowest BCUT2D eigenvalue weighted by molar-refractivity contribution is 0.414. The molecular formula is C16H16N4OS. The van der Waals surface area contributed by atoms with Gasteiger partial charge in [0.2, 0.25) is 0 Å². The van der Waals surface area contributed by atoms with Gasteiger partial charge in [-0.05, 0) is 36.5 Å². The van der Waals surface area contributed by atoms with E-state index in [0.29, 0.717) is 11.3 Å². The summed E-state index contributed by atoms with van der Waals surface area (Å²) in [5.74, 6) is 1.59. The molecule has 0 bridgehead atoms. The third-order valence-corrected chi connectivity index (χ3v) is 3.55. The van der Waals surface area contributed by atoms with E-state index < -0.39 is 0 Å². The summed E-state index contributed by atoms with van der Waals surface area (Å²) < 4.78 is 7.72. The van der Waals surface area contributed by atoms with E-state index >= 15 is 0 Å². The van der Waals surface area contributed by atoms with E-state index in [2.05, 4.69) is 15.5 Å². The van der Waals surface area contributed by atoms with Crippen molar-refractivity contribution in [1.82, 2.24) is 14.8 Å². The standard InChI is InChI=1S/C16H16N4OS/c1-21-14-9-5-8-13(10-14)20-15(18-19-16(20)22)11-17-12-6-3-2-4-7-12/h2-10,17H,11H2,1H3,(H,19,22). The molecule has 112 valence electrons. The number of aromatic nitrogens is 3. The maximum atomic E-state index is 5.34. The molecule has 5 nitrogen and oxygen atoms in total.